The van der Waals surface area contributed by atoms with Gasteiger partial charge in [-0.05, 0) is 38.1 Å². The number of likely N-dealkylation sites (N-methyl/N-ethyl adjacent to an activating group) is 1. The molecule has 0 aliphatic rings. The standard InChI is InChI=1S/C16H20N2O2/c1-12-9-10-15(20-12)11-18(3)13(2)16(19)17-14-7-5-4-6-8-14/h4-10,13H,11H2,1-3H3,(H,17,19)/p+1/t13-/m1/s1. The predicted molar refractivity (Wildman–Crippen MR) is 78.6 cm³/mol. The van der Waals surface area contributed by atoms with Crippen LogP contribution in [0, 0.1) is 6.92 Å². The largest absolute Gasteiger partial charge is 0.460 e. The number of anilines is 1. The Kier molecular flexibility index (Phi) is 4.58. The molecule has 106 valence electrons. The summed E-state index contributed by atoms with van der Waals surface area (Å²) in [7, 11) is 1.99. The van der Waals surface area contributed by atoms with Crippen molar-refractivity contribution in [2.75, 3.05) is 12.4 Å². The molecule has 1 aromatic heterocycles. The zero-order chi connectivity index (χ0) is 14.5. The third-order valence-electron chi connectivity index (χ3n) is 3.42. The lowest BCUT2D eigenvalue weighted by molar-refractivity contribution is -0.908. The van der Waals surface area contributed by atoms with E-state index in [1.165, 1.54) is 0 Å². The van der Waals surface area contributed by atoms with Crippen LogP contribution in [0.1, 0.15) is 18.4 Å². The highest BCUT2D eigenvalue weighted by Gasteiger charge is 2.22. The molecular formula is C16H21N2O2+. The van der Waals surface area contributed by atoms with Crippen molar-refractivity contribution in [2.45, 2.75) is 26.4 Å². The Labute approximate surface area is 119 Å². The van der Waals surface area contributed by atoms with Crippen LogP contribution in [0.3, 0.4) is 0 Å². The minimum absolute atomic E-state index is 0.0111. The predicted octanol–water partition coefficient (Wildman–Crippen LogP) is 1.63. The second kappa shape index (κ2) is 6.39. The van der Waals surface area contributed by atoms with Crippen molar-refractivity contribution in [1.29, 1.82) is 0 Å². The smallest absolute Gasteiger partial charge is 0.282 e. The number of hydrogen-bond acceptors (Lipinski definition) is 2. The van der Waals surface area contributed by atoms with Crippen LogP contribution >= 0.6 is 0 Å². The molecule has 1 heterocycles. The number of quaternary nitrogens is 1. The molecule has 0 saturated carbocycles. The summed E-state index contributed by atoms with van der Waals surface area (Å²) in [6, 6.07) is 13.3. The number of rotatable bonds is 5. The van der Waals surface area contributed by atoms with Crippen molar-refractivity contribution in [3.63, 3.8) is 0 Å². The van der Waals surface area contributed by atoms with Gasteiger partial charge in [-0.3, -0.25) is 4.79 Å². The molecule has 1 aromatic carbocycles. The molecule has 0 radical (unpaired) electrons. The molecule has 2 atom stereocenters. The summed E-state index contributed by atoms with van der Waals surface area (Å²) in [4.78, 5) is 13.3. The van der Waals surface area contributed by atoms with Crippen LogP contribution in [0.2, 0.25) is 0 Å². The Morgan fingerprint density at radius 2 is 1.95 bits per heavy atom. The van der Waals surface area contributed by atoms with E-state index in [9.17, 15) is 4.79 Å². The summed E-state index contributed by atoms with van der Waals surface area (Å²) in [6.45, 7) is 4.53. The van der Waals surface area contributed by atoms with E-state index in [1.807, 2.05) is 63.4 Å². The van der Waals surface area contributed by atoms with Gasteiger partial charge < -0.3 is 14.6 Å². The highest BCUT2D eigenvalue weighted by atomic mass is 16.3. The number of amides is 1. The van der Waals surface area contributed by atoms with E-state index < -0.39 is 0 Å². The van der Waals surface area contributed by atoms with E-state index in [1.54, 1.807) is 0 Å². The number of hydrogen-bond donors (Lipinski definition) is 2. The molecule has 2 N–H and O–H groups in total. The lowest BCUT2D eigenvalue weighted by atomic mass is 10.2. The van der Waals surface area contributed by atoms with Crippen LogP contribution in [-0.2, 0) is 11.3 Å². The first kappa shape index (κ1) is 14.3. The van der Waals surface area contributed by atoms with E-state index in [2.05, 4.69) is 5.32 Å². The summed E-state index contributed by atoms with van der Waals surface area (Å²) in [6.07, 6.45) is 0. The van der Waals surface area contributed by atoms with Gasteiger partial charge >= 0.3 is 0 Å². The van der Waals surface area contributed by atoms with E-state index >= 15 is 0 Å². The molecule has 0 saturated heterocycles. The second-order valence-electron chi connectivity index (χ2n) is 5.11. The summed E-state index contributed by atoms with van der Waals surface area (Å²) in [5.41, 5.74) is 0.825. The molecule has 2 aromatic rings. The van der Waals surface area contributed by atoms with Crippen molar-refractivity contribution in [1.82, 2.24) is 0 Å². The average Bonchev–Trinajstić information content (AvgIpc) is 2.84. The van der Waals surface area contributed by atoms with Crippen LogP contribution in [-0.4, -0.2) is 19.0 Å². The van der Waals surface area contributed by atoms with Gasteiger partial charge in [-0.15, -0.1) is 0 Å². The van der Waals surface area contributed by atoms with Gasteiger partial charge in [0, 0.05) is 5.69 Å². The Bertz CT molecular complexity index is 563. The fourth-order valence-corrected chi connectivity index (χ4v) is 2.00. The Balaban J connectivity index is 1.92. The minimum atomic E-state index is -0.152. The monoisotopic (exact) mass is 273 g/mol. The van der Waals surface area contributed by atoms with Gasteiger partial charge in [-0.25, -0.2) is 0 Å². The molecule has 1 amide bonds. The minimum Gasteiger partial charge on any atom is -0.460 e. The van der Waals surface area contributed by atoms with E-state index in [4.69, 9.17) is 4.42 Å². The quantitative estimate of drug-likeness (QED) is 0.870. The van der Waals surface area contributed by atoms with E-state index in [0.717, 1.165) is 22.1 Å². The van der Waals surface area contributed by atoms with Crippen molar-refractivity contribution in [2.24, 2.45) is 0 Å². The molecule has 2 rings (SSSR count). The molecule has 4 nitrogen and oxygen atoms in total. The number of para-hydroxylation sites is 1. The van der Waals surface area contributed by atoms with E-state index in [0.29, 0.717) is 6.54 Å². The molecule has 0 spiro atoms. The molecule has 0 aliphatic heterocycles. The SMILES string of the molecule is Cc1ccc(C[NH+](C)[C@H](C)C(=O)Nc2ccccc2)o1. The van der Waals surface area contributed by atoms with Gasteiger partial charge in [0.05, 0.1) is 7.05 Å². The van der Waals surface area contributed by atoms with Gasteiger partial charge in [0.1, 0.15) is 12.3 Å². The van der Waals surface area contributed by atoms with Gasteiger partial charge in [-0.2, -0.15) is 0 Å². The Morgan fingerprint density at radius 3 is 2.55 bits per heavy atom. The van der Waals surface area contributed by atoms with Gasteiger partial charge in [-0.1, -0.05) is 18.2 Å². The number of benzene rings is 1. The van der Waals surface area contributed by atoms with Crippen LogP contribution in [0.25, 0.3) is 0 Å². The summed E-state index contributed by atoms with van der Waals surface area (Å²) in [5.74, 6) is 1.81. The molecule has 20 heavy (non-hydrogen) atoms. The third-order valence-corrected chi connectivity index (χ3v) is 3.42. The Hall–Kier alpha value is -2.07. The van der Waals surface area contributed by atoms with Crippen LogP contribution in [0.4, 0.5) is 5.69 Å². The highest BCUT2D eigenvalue weighted by molar-refractivity contribution is 5.93. The molecule has 4 heteroatoms. The summed E-state index contributed by atoms with van der Waals surface area (Å²) >= 11 is 0. The second-order valence-corrected chi connectivity index (χ2v) is 5.11. The van der Waals surface area contributed by atoms with Gasteiger partial charge in [0.2, 0.25) is 0 Å². The average molecular weight is 273 g/mol. The van der Waals surface area contributed by atoms with Crippen LogP contribution in [0.5, 0.6) is 0 Å². The van der Waals surface area contributed by atoms with Crippen LogP contribution < -0.4 is 10.2 Å². The maximum atomic E-state index is 12.2. The number of carbonyl (C=O) groups is 1. The van der Waals surface area contributed by atoms with E-state index in [-0.39, 0.29) is 11.9 Å². The highest BCUT2D eigenvalue weighted by Crippen LogP contribution is 2.06. The third kappa shape index (κ3) is 3.71. The molecule has 1 unspecified atom stereocenters. The number of nitrogens with one attached hydrogen (secondary N) is 2. The Morgan fingerprint density at radius 1 is 1.25 bits per heavy atom. The number of carbonyl (C=O) groups excluding carboxylic acids is 1. The first-order chi connectivity index (χ1) is 9.56. The summed E-state index contributed by atoms with van der Waals surface area (Å²) in [5, 5.41) is 2.92. The van der Waals surface area contributed by atoms with Crippen molar-refractivity contribution in [3.8, 4) is 0 Å². The summed E-state index contributed by atoms with van der Waals surface area (Å²) < 4.78 is 5.55. The van der Waals surface area contributed by atoms with Gasteiger partial charge in [0.25, 0.3) is 5.91 Å². The van der Waals surface area contributed by atoms with Crippen molar-refractivity contribution < 1.29 is 14.1 Å². The maximum absolute atomic E-state index is 12.2. The lowest BCUT2D eigenvalue weighted by Gasteiger charge is -2.20. The van der Waals surface area contributed by atoms with Crippen LogP contribution in [0.15, 0.2) is 46.9 Å². The number of furan rings is 1. The molecular weight excluding hydrogens is 252 g/mol. The topological polar surface area (TPSA) is 46.7 Å². The molecule has 0 aliphatic carbocycles. The molecule has 0 fully saturated rings. The van der Waals surface area contributed by atoms with Gasteiger partial charge in [0.15, 0.2) is 11.8 Å². The fraction of sp³-hybridized carbons (Fsp3) is 0.312. The first-order valence-corrected chi connectivity index (χ1v) is 6.80. The number of aryl methyl sites for hydroxylation is 1. The fourth-order valence-electron chi connectivity index (χ4n) is 2.00. The normalized spacial score (nSPS) is 13.8. The lowest BCUT2D eigenvalue weighted by Crippen LogP contribution is -3.12. The van der Waals surface area contributed by atoms with Crippen molar-refractivity contribution in [3.05, 3.63) is 54.0 Å². The zero-order valence-electron chi connectivity index (χ0n) is 12.1. The first-order valence-electron chi connectivity index (χ1n) is 6.80. The molecule has 0 bridgehead atoms. The van der Waals surface area contributed by atoms with Crippen molar-refractivity contribution >= 4 is 11.6 Å². The maximum Gasteiger partial charge on any atom is 0.282 e. The zero-order valence-corrected chi connectivity index (χ0v) is 12.1.